The number of hydrogen-bond acceptors (Lipinski definition) is 7. The molecule has 0 aliphatic carbocycles. The van der Waals surface area contributed by atoms with Crippen LogP contribution < -0.4 is 14.9 Å². The number of carbonyl (C=O) groups excluding carboxylic acids is 1. The van der Waals surface area contributed by atoms with Gasteiger partial charge in [-0.2, -0.15) is 10.2 Å². The van der Waals surface area contributed by atoms with Crippen LogP contribution in [0.4, 0.5) is 5.69 Å². The highest BCUT2D eigenvalue weighted by Crippen LogP contribution is 2.31. The summed E-state index contributed by atoms with van der Waals surface area (Å²) in [5, 5.41) is 21.3. The molecule has 0 saturated heterocycles. The fourth-order valence-corrected chi connectivity index (χ4v) is 2.49. The highest BCUT2D eigenvalue weighted by atomic mass is 16.6. The monoisotopic (exact) mass is 395 g/mol. The number of amides is 1. The van der Waals surface area contributed by atoms with E-state index in [-0.39, 0.29) is 11.4 Å². The molecule has 10 nitrogen and oxygen atoms in total. The van der Waals surface area contributed by atoms with Gasteiger partial charge in [0.05, 0.1) is 31.1 Å². The van der Waals surface area contributed by atoms with Crippen LogP contribution >= 0.6 is 0 Å². The molecule has 0 unspecified atom stereocenters. The second-order valence-corrected chi connectivity index (χ2v) is 5.78. The number of nitro groups is 1. The number of ether oxygens (including phenoxy) is 2. The van der Waals surface area contributed by atoms with Crippen molar-refractivity contribution in [3.05, 3.63) is 69.9 Å². The highest BCUT2D eigenvalue weighted by Gasteiger charge is 2.12. The van der Waals surface area contributed by atoms with Gasteiger partial charge in [0.15, 0.2) is 11.5 Å². The largest absolute Gasteiger partial charge is 0.493 e. The summed E-state index contributed by atoms with van der Waals surface area (Å²) in [6.45, 7) is 0. The fraction of sp³-hybridized carbons (Fsp3) is 0.105. The average molecular weight is 395 g/mol. The van der Waals surface area contributed by atoms with Crippen LogP contribution in [0.3, 0.4) is 0 Å². The third-order valence-corrected chi connectivity index (χ3v) is 3.99. The molecule has 10 heteroatoms. The predicted octanol–water partition coefficient (Wildman–Crippen LogP) is 2.77. The third kappa shape index (κ3) is 4.56. The number of nitro benzene ring substituents is 1. The number of hydrogen-bond donors (Lipinski definition) is 2. The molecule has 0 saturated carbocycles. The lowest BCUT2D eigenvalue weighted by atomic mass is 10.1. The molecule has 1 amide bonds. The van der Waals surface area contributed by atoms with Gasteiger partial charge in [-0.05, 0) is 42.0 Å². The van der Waals surface area contributed by atoms with Crippen LogP contribution in [0.2, 0.25) is 0 Å². The van der Waals surface area contributed by atoms with Gasteiger partial charge in [-0.3, -0.25) is 20.0 Å². The van der Waals surface area contributed by atoms with Crippen LogP contribution in [0.15, 0.2) is 53.6 Å². The van der Waals surface area contributed by atoms with Crippen LogP contribution in [-0.2, 0) is 0 Å². The summed E-state index contributed by atoms with van der Waals surface area (Å²) in [5.74, 6) is 0.652. The summed E-state index contributed by atoms with van der Waals surface area (Å²) in [6, 6.07) is 12.6. The molecule has 3 rings (SSSR count). The molecular weight excluding hydrogens is 378 g/mol. The van der Waals surface area contributed by atoms with E-state index in [1.165, 1.54) is 37.6 Å². The van der Waals surface area contributed by atoms with Gasteiger partial charge >= 0.3 is 0 Å². The predicted molar refractivity (Wildman–Crippen MR) is 105 cm³/mol. The number of hydrazone groups is 1. The average Bonchev–Trinajstić information content (AvgIpc) is 3.24. The van der Waals surface area contributed by atoms with E-state index in [4.69, 9.17) is 9.47 Å². The minimum atomic E-state index is -0.489. The lowest BCUT2D eigenvalue weighted by Crippen LogP contribution is -2.17. The molecule has 0 spiro atoms. The molecule has 0 radical (unpaired) electrons. The number of carbonyl (C=O) groups is 1. The Kier molecular flexibility index (Phi) is 5.83. The fourth-order valence-electron chi connectivity index (χ4n) is 2.49. The van der Waals surface area contributed by atoms with Gasteiger partial charge in [0.25, 0.3) is 11.6 Å². The Morgan fingerprint density at radius 1 is 1.14 bits per heavy atom. The van der Waals surface area contributed by atoms with Gasteiger partial charge in [0, 0.05) is 17.7 Å². The molecular formula is C19H17N5O5. The first-order valence-corrected chi connectivity index (χ1v) is 8.37. The lowest BCUT2D eigenvalue weighted by Gasteiger charge is -2.08. The maximum Gasteiger partial charge on any atom is 0.289 e. The second kappa shape index (κ2) is 8.65. The van der Waals surface area contributed by atoms with Crippen LogP contribution in [0, 0.1) is 10.1 Å². The maximum atomic E-state index is 12.2. The molecule has 0 bridgehead atoms. The number of H-pyrrole nitrogens is 1. The summed E-state index contributed by atoms with van der Waals surface area (Å²) in [5.41, 5.74) is 4.46. The zero-order chi connectivity index (χ0) is 20.8. The summed E-state index contributed by atoms with van der Waals surface area (Å²) >= 11 is 0. The minimum absolute atomic E-state index is 0.0219. The van der Waals surface area contributed by atoms with E-state index in [1.807, 2.05) is 0 Å². The van der Waals surface area contributed by atoms with E-state index in [0.29, 0.717) is 22.8 Å². The van der Waals surface area contributed by atoms with Gasteiger partial charge in [0.1, 0.15) is 5.69 Å². The first kappa shape index (κ1) is 19.5. The van der Waals surface area contributed by atoms with Crippen molar-refractivity contribution in [3.8, 4) is 22.8 Å². The Morgan fingerprint density at radius 2 is 1.86 bits per heavy atom. The first-order valence-electron chi connectivity index (χ1n) is 8.37. The quantitative estimate of drug-likeness (QED) is 0.359. The summed E-state index contributed by atoms with van der Waals surface area (Å²) in [4.78, 5) is 22.4. The van der Waals surface area contributed by atoms with E-state index in [0.717, 1.165) is 5.56 Å². The van der Waals surface area contributed by atoms with Gasteiger partial charge in [-0.25, -0.2) is 5.43 Å². The Labute approximate surface area is 165 Å². The van der Waals surface area contributed by atoms with Crippen molar-refractivity contribution in [1.29, 1.82) is 0 Å². The van der Waals surface area contributed by atoms with Crippen LogP contribution in [0.25, 0.3) is 11.3 Å². The molecule has 29 heavy (non-hydrogen) atoms. The molecule has 0 aliphatic rings. The molecule has 148 valence electrons. The van der Waals surface area contributed by atoms with Crippen molar-refractivity contribution in [2.75, 3.05) is 14.2 Å². The Balaban J connectivity index is 1.67. The van der Waals surface area contributed by atoms with E-state index in [1.54, 1.807) is 31.4 Å². The third-order valence-electron chi connectivity index (χ3n) is 3.99. The first-order chi connectivity index (χ1) is 14.0. The molecule has 2 aromatic carbocycles. The van der Waals surface area contributed by atoms with Crippen molar-refractivity contribution in [2.45, 2.75) is 0 Å². The Hall–Kier alpha value is -4.21. The van der Waals surface area contributed by atoms with Crippen LogP contribution in [-0.4, -0.2) is 41.5 Å². The molecule has 0 aliphatic heterocycles. The van der Waals surface area contributed by atoms with Gasteiger partial charge in [-0.15, -0.1) is 0 Å². The van der Waals surface area contributed by atoms with Crippen LogP contribution in [0.1, 0.15) is 16.1 Å². The Morgan fingerprint density at radius 3 is 2.52 bits per heavy atom. The SMILES string of the molecule is COc1ccc(-c2cc(C(=O)N/N=C/c3ccc([N+](=O)[O-])cc3)[nH]n2)cc1OC. The number of rotatable bonds is 7. The van der Waals surface area contributed by atoms with E-state index in [9.17, 15) is 14.9 Å². The smallest absolute Gasteiger partial charge is 0.289 e. The number of benzene rings is 2. The van der Waals surface area contributed by atoms with Crippen molar-refractivity contribution in [2.24, 2.45) is 5.10 Å². The number of non-ortho nitro benzene ring substituents is 1. The zero-order valence-corrected chi connectivity index (χ0v) is 15.6. The second-order valence-electron chi connectivity index (χ2n) is 5.78. The van der Waals surface area contributed by atoms with Gasteiger partial charge in [0.2, 0.25) is 0 Å². The number of nitrogens with zero attached hydrogens (tertiary/aromatic N) is 3. The van der Waals surface area contributed by atoms with Crippen molar-refractivity contribution >= 4 is 17.8 Å². The minimum Gasteiger partial charge on any atom is -0.493 e. The molecule has 1 heterocycles. The summed E-state index contributed by atoms with van der Waals surface area (Å²) in [6.07, 6.45) is 1.38. The van der Waals surface area contributed by atoms with Crippen molar-refractivity contribution < 1.29 is 19.2 Å². The number of nitrogens with one attached hydrogen (secondary N) is 2. The Bertz CT molecular complexity index is 1060. The standard InChI is InChI=1S/C19H17N5O5/c1-28-17-8-5-13(9-18(17)29-2)15-10-16(22-21-15)19(25)23-20-11-12-3-6-14(7-4-12)24(26)27/h3-11H,1-2H3,(H,21,22)(H,23,25)/b20-11+. The molecule has 2 N–H and O–H groups in total. The normalized spacial score (nSPS) is 10.7. The number of aromatic nitrogens is 2. The zero-order valence-electron chi connectivity index (χ0n) is 15.6. The van der Waals surface area contributed by atoms with Gasteiger partial charge in [-0.1, -0.05) is 0 Å². The van der Waals surface area contributed by atoms with Crippen molar-refractivity contribution in [1.82, 2.24) is 15.6 Å². The highest BCUT2D eigenvalue weighted by molar-refractivity contribution is 5.94. The van der Waals surface area contributed by atoms with Crippen LogP contribution in [0.5, 0.6) is 11.5 Å². The van der Waals surface area contributed by atoms with E-state index < -0.39 is 10.8 Å². The van der Waals surface area contributed by atoms with E-state index in [2.05, 4.69) is 20.7 Å². The van der Waals surface area contributed by atoms with Gasteiger partial charge < -0.3 is 9.47 Å². The van der Waals surface area contributed by atoms with E-state index >= 15 is 0 Å². The van der Waals surface area contributed by atoms with Crippen molar-refractivity contribution in [3.63, 3.8) is 0 Å². The lowest BCUT2D eigenvalue weighted by molar-refractivity contribution is -0.384. The molecule has 3 aromatic rings. The summed E-state index contributed by atoms with van der Waals surface area (Å²) < 4.78 is 10.5. The number of methoxy groups -OCH3 is 2. The summed E-state index contributed by atoms with van der Waals surface area (Å²) in [7, 11) is 3.08. The number of aromatic amines is 1. The molecule has 1 aromatic heterocycles. The maximum absolute atomic E-state index is 12.2. The molecule has 0 atom stereocenters. The topological polar surface area (TPSA) is 132 Å². The molecule has 0 fully saturated rings.